The van der Waals surface area contributed by atoms with E-state index in [0.717, 1.165) is 6.07 Å². The van der Waals surface area contributed by atoms with E-state index in [1.54, 1.807) is 11.8 Å². The molecule has 1 saturated heterocycles. The number of non-ortho nitro benzene ring substituents is 1. The molecule has 12 heteroatoms. The molecule has 2 aromatic carbocycles. The number of piperazine rings is 1. The van der Waals surface area contributed by atoms with Crippen LogP contribution in [0.15, 0.2) is 36.4 Å². The van der Waals surface area contributed by atoms with Crippen molar-refractivity contribution >= 4 is 40.5 Å². The summed E-state index contributed by atoms with van der Waals surface area (Å²) in [7, 11) is 0. The number of amides is 1. The summed E-state index contributed by atoms with van der Waals surface area (Å²) < 4.78 is 4.89. The van der Waals surface area contributed by atoms with Gasteiger partial charge in [0.05, 0.1) is 32.6 Å². The fourth-order valence-electron chi connectivity index (χ4n) is 3.39. The molecule has 0 spiro atoms. The second-order valence-corrected chi connectivity index (χ2v) is 7.29. The molecule has 0 aromatic heterocycles. The molecule has 0 N–H and O–H groups in total. The predicted molar refractivity (Wildman–Crippen MR) is 115 cm³/mol. The lowest BCUT2D eigenvalue weighted by Crippen LogP contribution is -2.49. The molecule has 1 aliphatic rings. The number of carbonyl (C=O) groups excluding carboxylic acids is 2. The van der Waals surface area contributed by atoms with Gasteiger partial charge in [-0.25, -0.2) is 4.79 Å². The van der Waals surface area contributed by atoms with Gasteiger partial charge in [0.2, 0.25) is 0 Å². The van der Waals surface area contributed by atoms with Crippen LogP contribution in [0.5, 0.6) is 0 Å². The highest BCUT2D eigenvalue weighted by Crippen LogP contribution is 2.31. The third kappa shape index (κ3) is 4.78. The zero-order valence-electron chi connectivity index (χ0n) is 17.0. The number of nitro groups is 2. The number of nitrogens with zero attached hydrogens (tertiary/aromatic N) is 4. The summed E-state index contributed by atoms with van der Waals surface area (Å²) in [5.74, 6) is -1.10. The summed E-state index contributed by atoms with van der Waals surface area (Å²) in [6.45, 7) is 2.83. The van der Waals surface area contributed by atoms with Crippen molar-refractivity contribution in [2.45, 2.75) is 6.92 Å². The molecule has 2 aromatic rings. The predicted octanol–water partition coefficient (Wildman–Crippen LogP) is 3.30. The molecular weight excluding hydrogens is 444 g/mol. The number of esters is 1. The van der Waals surface area contributed by atoms with Gasteiger partial charge in [0, 0.05) is 44.4 Å². The molecule has 0 unspecified atom stereocenters. The van der Waals surface area contributed by atoms with Crippen molar-refractivity contribution in [3.8, 4) is 0 Å². The highest BCUT2D eigenvalue weighted by molar-refractivity contribution is 6.33. The molecule has 3 rings (SSSR count). The van der Waals surface area contributed by atoms with Crippen molar-refractivity contribution < 1.29 is 24.2 Å². The molecular formula is C20H19ClN4O7. The molecule has 168 valence electrons. The highest BCUT2D eigenvalue weighted by Gasteiger charge is 2.28. The minimum atomic E-state index is -0.647. The zero-order chi connectivity index (χ0) is 23.4. The average molecular weight is 463 g/mol. The van der Waals surface area contributed by atoms with Gasteiger partial charge in [-0.3, -0.25) is 25.0 Å². The Kier molecular flexibility index (Phi) is 6.89. The van der Waals surface area contributed by atoms with Gasteiger partial charge in [0.15, 0.2) is 0 Å². The zero-order valence-corrected chi connectivity index (χ0v) is 17.8. The standard InChI is InChI=1S/C20H19ClN4O7/c1-2-32-20(27)13-3-6-17(18(11-13)25(30)31)22-7-9-23(10-8-22)19(26)15-12-14(24(28)29)4-5-16(15)21/h3-6,11-12H,2,7-10H2,1H3. The number of rotatable bonds is 6. The normalized spacial score (nSPS) is 13.6. The van der Waals surface area contributed by atoms with Crippen LogP contribution in [0.2, 0.25) is 5.02 Å². The number of halogens is 1. The Balaban J connectivity index is 1.76. The van der Waals surface area contributed by atoms with E-state index in [1.165, 1.54) is 35.2 Å². The molecule has 0 radical (unpaired) electrons. The number of hydrogen-bond donors (Lipinski definition) is 0. The first-order valence-electron chi connectivity index (χ1n) is 9.66. The maximum absolute atomic E-state index is 12.8. The summed E-state index contributed by atoms with van der Waals surface area (Å²) in [6.07, 6.45) is 0. The van der Waals surface area contributed by atoms with Crippen molar-refractivity contribution in [1.82, 2.24) is 4.90 Å². The Morgan fingerprint density at radius 1 is 1.03 bits per heavy atom. The van der Waals surface area contributed by atoms with E-state index in [9.17, 15) is 29.8 Å². The van der Waals surface area contributed by atoms with E-state index >= 15 is 0 Å². The quantitative estimate of drug-likeness (QED) is 0.362. The van der Waals surface area contributed by atoms with Crippen LogP contribution in [-0.2, 0) is 4.74 Å². The third-order valence-electron chi connectivity index (χ3n) is 4.98. The molecule has 32 heavy (non-hydrogen) atoms. The van der Waals surface area contributed by atoms with Crippen molar-refractivity contribution in [1.29, 1.82) is 0 Å². The lowest BCUT2D eigenvalue weighted by molar-refractivity contribution is -0.384. The number of ether oxygens (including phenoxy) is 1. The lowest BCUT2D eigenvalue weighted by atomic mass is 10.1. The monoisotopic (exact) mass is 462 g/mol. The molecule has 1 heterocycles. The number of anilines is 1. The van der Waals surface area contributed by atoms with Gasteiger partial charge in [-0.15, -0.1) is 0 Å². The molecule has 0 saturated carbocycles. The fourth-order valence-corrected chi connectivity index (χ4v) is 3.59. The van der Waals surface area contributed by atoms with E-state index in [4.69, 9.17) is 16.3 Å². The summed E-state index contributed by atoms with van der Waals surface area (Å²) in [4.78, 5) is 49.4. The van der Waals surface area contributed by atoms with Gasteiger partial charge < -0.3 is 14.5 Å². The SMILES string of the molecule is CCOC(=O)c1ccc(N2CCN(C(=O)c3cc([N+](=O)[O-])ccc3Cl)CC2)c([N+](=O)[O-])c1. The molecule has 1 aliphatic heterocycles. The average Bonchev–Trinajstić information content (AvgIpc) is 2.78. The van der Waals surface area contributed by atoms with Crippen LogP contribution in [0.25, 0.3) is 0 Å². The van der Waals surface area contributed by atoms with Gasteiger partial charge in [-0.1, -0.05) is 11.6 Å². The maximum Gasteiger partial charge on any atom is 0.338 e. The topological polar surface area (TPSA) is 136 Å². The summed E-state index contributed by atoms with van der Waals surface area (Å²) in [5, 5.41) is 22.7. The minimum absolute atomic E-state index is 0.0269. The van der Waals surface area contributed by atoms with E-state index < -0.39 is 21.7 Å². The first kappa shape index (κ1) is 22.9. The van der Waals surface area contributed by atoms with E-state index in [2.05, 4.69) is 0 Å². The van der Waals surface area contributed by atoms with Crippen LogP contribution in [0.1, 0.15) is 27.6 Å². The van der Waals surface area contributed by atoms with Crippen LogP contribution in [0, 0.1) is 20.2 Å². The van der Waals surface area contributed by atoms with Crippen LogP contribution in [0.3, 0.4) is 0 Å². The number of benzene rings is 2. The van der Waals surface area contributed by atoms with Crippen molar-refractivity contribution in [2.75, 3.05) is 37.7 Å². The molecule has 11 nitrogen and oxygen atoms in total. The van der Waals surface area contributed by atoms with Crippen molar-refractivity contribution in [3.63, 3.8) is 0 Å². The second kappa shape index (κ2) is 9.60. The Morgan fingerprint density at radius 3 is 2.31 bits per heavy atom. The molecule has 0 atom stereocenters. The Labute approximate surface area is 187 Å². The van der Waals surface area contributed by atoms with Gasteiger partial charge in [0.25, 0.3) is 17.3 Å². The van der Waals surface area contributed by atoms with Crippen LogP contribution < -0.4 is 4.90 Å². The molecule has 1 amide bonds. The lowest BCUT2D eigenvalue weighted by Gasteiger charge is -2.36. The molecule has 0 bridgehead atoms. The first-order chi connectivity index (χ1) is 15.2. The number of hydrogen-bond acceptors (Lipinski definition) is 8. The van der Waals surface area contributed by atoms with E-state index in [-0.39, 0.29) is 60.3 Å². The van der Waals surface area contributed by atoms with E-state index in [1.807, 2.05) is 0 Å². The van der Waals surface area contributed by atoms with Crippen LogP contribution in [-0.4, -0.2) is 59.4 Å². The van der Waals surface area contributed by atoms with Crippen LogP contribution in [0.4, 0.5) is 17.1 Å². The van der Waals surface area contributed by atoms with Gasteiger partial charge >= 0.3 is 5.97 Å². The van der Waals surface area contributed by atoms with Gasteiger partial charge in [-0.2, -0.15) is 0 Å². The van der Waals surface area contributed by atoms with Gasteiger partial charge in [-0.05, 0) is 25.1 Å². The largest absolute Gasteiger partial charge is 0.462 e. The van der Waals surface area contributed by atoms with Gasteiger partial charge in [0.1, 0.15) is 5.69 Å². The third-order valence-corrected chi connectivity index (χ3v) is 5.31. The Hall–Kier alpha value is -3.73. The second-order valence-electron chi connectivity index (χ2n) is 6.88. The van der Waals surface area contributed by atoms with Crippen LogP contribution >= 0.6 is 11.6 Å². The molecule has 1 fully saturated rings. The van der Waals surface area contributed by atoms with Crippen molar-refractivity contribution in [2.24, 2.45) is 0 Å². The van der Waals surface area contributed by atoms with E-state index in [0.29, 0.717) is 5.69 Å². The Morgan fingerprint density at radius 2 is 1.72 bits per heavy atom. The number of carbonyl (C=O) groups is 2. The Bertz CT molecular complexity index is 1080. The smallest absolute Gasteiger partial charge is 0.338 e. The minimum Gasteiger partial charge on any atom is -0.462 e. The fraction of sp³-hybridized carbons (Fsp3) is 0.300. The first-order valence-corrected chi connectivity index (χ1v) is 10.0. The summed E-state index contributed by atoms with van der Waals surface area (Å²) in [5.41, 5.74) is -0.0511. The molecule has 0 aliphatic carbocycles. The number of nitro benzene ring substituents is 2. The summed E-state index contributed by atoms with van der Waals surface area (Å²) in [6, 6.07) is 7.78. The maximum atomic E-state index is 12.8. The van der Waals surface area contributed by atoms with Crippen molar-refractivity contribution in [3.05, 3.63) is 72.8 Å². The summed E-state index contributed by atoms with van der Waals surface area (Å²) >= 11 is 6.06. The highest BCUT2D eigenvalue weighted by atomic mass is 35.5.